The number of halogens is 1. The summed E-state index contributed by atoms with van der Waals surface area (Å²) in [4.78, 5) is 11.6. The lowest BCUT2D eigenvalue weighted by molar-refractivity contribution is -0.123. The van der Waals surface area contributed by atoms with Crippen LogP contribution in [0.2, 0.25) is 0 Å². The third kappa shape index (κ3) is 6.47. The molecule has 0 radical (unpaired) electrons. The van der Waals surface area contributed by atoms with E-state index in [0.717, 1.165) is 5.75 Å². The molecule has 3 N–H and O–H groups in total. The molecule has 0 fully saturated rings. The smallest absolute Gasteiger partial charge is 0.223 e. The van der Waals surface area contributed by atoms with Crippen LogP contribution in [0, 0.1) is 0 Å². The molecule has 102 valence electrons. The van der Waals surface area contributed by atoms with Crippen LogP contribution < -0.4 is 15.8 Å². The van der Waals surface area contributed by atoms with Crippen molar-refractivity contribution in [3.8, 4) is 5.75 Å². The number of para-hydroxylation sites is 1. The van der Waals surface area contributed by atoms with E-state index in [-0.39, 0.29) is 23.9 Å². The second kappa shape index (κ2) is 7.95. The molecule has 1 amide bonds. The molecule has 0 saturated heterocycles. The Kier molecular flexibility index (Phi) is 7.39. The Morgan fingerprint density at radius 1 is 1.33 bits per heavy atom. The summed E-state index contributed by atoms with van der Waals surface area (Å²) in [6.45, 7) is 4.57. The first-order valence-corrected chi connectivity index (χ1v) is 5.72. The van der Waals surface area contributed by atoms with E-state index in [1.165, 1.54) is 0 Å². The van der Waals surface area contributed by atoms with Crippen molar-refractivity contribution in [2.75, 3.05) is 13.2 Å². The fourth-order valence-corrected chi connectivity index (χ4v) is 1.27. The van der Waals surface area contributed by atoms with E-state index < -0.39 is 0 Å². The van der Waals surface area contributed by atoms with E-state index in [0.29, 0.717) is 19.6 Å². The number of amides is 1. The third-order valence-corrected chi connectivity index (χ3v) is 2.33. The van der Waals surface area contributed by atoms with Gasteiger partial charge in [-0.3, -0.25) is 4.79 Å². The van der Waals surface area contributed by atoms with Gasteiger partial charge in [0.2, 0.25) is 5.91 Å². The summed E-state index contributed by atoms with van der Waals surface area (Å²) < 4.78 is 5.43. The zero-order valence-electron chi connectivity index (χ0n) is 10.8. The van der Waals surface area contributed by atoms with Crippen LogP contribution >= 0.6 is 12.4 Å². The number of ether oxygens (including phenoxy) is 1. The van der Waals surface area contributed by atoms with Gasteiger partial charge in [-0.2, -0.15) is 0 Å². The summed E-state index contributed by atoms with van der Waals surface area (Å²) in [5, 5.41) is 2.85. The Bertz CT molecular complexity index is 355. The maximum absolute atomic E-state index is 11.6. The molecule has 0 aliphatic heterocycles. The Hall–Kier alpha value is -1.26. The standard InChI is InChI=1S/C13H20N2O2.ClH/c1-13(2,10-14)15-12(16)8-9-17-11-6-4-3-5-7-11;/h3-7H,8-10,14H2,1-2H3,(H,15,16);1H. The zero-order valence-corrected chi connectivity index (χ0v) is 11.6. The number of hydrogen-bond donors (Lipinski definition) is 2. The zero-order chi connectivity index (χ0) is 12.7. The average molecular weight is 273 g/mol. The van der Waals surface area contributed by atoms with E-state index in [1.54, 1.807) is 0 Å². The number of benzene rings is 1. The molecule has 0 atom stereocenters. The number of nitrogens with two attached hydrogens (primary N) is 1. The van der Waals surface area contributed by atoms with Crippen LogP contribution in [0.25, 0.3) is 0 Å². The summed E-state index contributed by atoms with van der Waals surface area (Å²) >= 11 is 0. The summed E-state index contributed by atoms with van der Waals surface area (Å²) in [7, 11) is 0. The molecule has 4 nitrogen and oxygen atoms in total. The van der Waals surface area contributed by atoms with E-state index in [2.05, 4.69) is 5.32 Å². The molecule has 0 spiro atoms. The molecule has 0 unspecified atom stereocenters. The highest BCUT2D eigenvalue weighted by molar-refractivity contribution is 5.85. The van der Waals surface area contributed by atoms with Crippen molar-refractivity contribution in [2.24, 2.45) is 5.73 Å². The van der Waals surface area contributed by atoms with Crippen LogP contribution in [0.1, 0.15) is 20.3 Å². The van der Waals surface area contributed by atoms with Crippen LogP contribution in [-0.2, 0) is 4.79 Å². The van der Waals surface area contributed by atoms with Gasteiger partial charge < -0.3 is 15.8 Å². The molecular formula is C13H21ClN2O2. The molecule has 1 aromatic carbocycles. The largest absolute Gasteiger partial charge is 0.493 e. The minimum absolute atomic E-state index is 0. The summed E-state index contributed by atoms with van der Waals surface area (Å²) in [5.74, 6) is 0.731. The van der Waals surface area contributed by atoms with Gasteiger partial charge in [-0.15, -0.1) is 12.4 Å². The fourth-order valence-electron chi connectivity index (χ4n) is 1.27. The summed E-state index contributed by atoms with van der Waals surface area (Å²) in [6.07, 6.45) is 0.332. The molecule has 0 saturated carbocycles. The molecule has 0 aromatic heterocycles. The second-order valence-corrected chi connectivity index (χ2v) is 4.55. The Balaban J connectivity index is 0.00000289. The van der Waals surface area contributed by atoms with Crippen LogP contribution in [0.3, 0.4) is 0 Å². The van der Waals surface area contributed by atoms with Crippen LogP contribution in [0.15, 0.2) is 30.3 Å². The number of carbonyl (C=O) groups excluding carboxylic acids is 1. The van der Waals surface area contributed by atoms with Gasteiger partial charge in [0.25, 0.3) is 0 Å². The van der Waals surface area contributed by atoms with Gasteiger partial charge in [-0.25, -0.2) is 0 Å². The Morgan fingerprint density at radius 3 is 2.50 bits per heavy atom. The second-order valence-electron chi connectivity index (χ2n) is 4.55. The lowest BCUT2D eigenvalue weighted by Gasteiger charge is -2.24. The minimum atomic E-state index is -0.357. The molecule has 1 aromatic rings. The number of rotatable bonds is 6. The Labute approximate surface area is 114 Å². The van der Waals surface area contributed by atoms with Gasteiger partial charge in [-0.05, 0) is 26.0 Å². The molecular weight excluding hydrogens is 252 g/mol. The van der Waals surface area contributed by atoms with Crippen LogP contribution in [0.5, 0.6) is 5.75 Å². The van der Waals surface area contributed by atoms with Crippen molar-refractivity contribution in [2.45, 2.75) is 25.8 Å². The van der Waals surface area contributed by atoms with Gasteiger partial charge in [0.15, 0.2) is 0 Å². The first-order valence-electron chi connectivity index (χ1n) is 5.72. The average Bonchev–Trinajstić information content (AvgIpc) is 2.30. The van der Waals surface area contributed by atoms with E-state index in [4.69, 9.17) is 10.5 Å². The number of carbonyl (C=O) groups is 1. The first-order chi connectivity index (χ1) is 8.03. The van der Waals surface area contributed by atoms with Crippen molar-refractivity contribution in [1.29, 1.82) is 0 Å². The molecule has 18 heavy (non-hydrogen) atoms. The maximum Gasteiger partial charge on any atom is 0.223 e. The normalized spacial score (nSPS) is 10.4. The molecule has 0 bridgehead atoms. The van der Waals surface area contributed by atoms with Gasteiger partial charge in [0.05, 0.1) is 13.0 Å². The SMILES string of the molecule is CC(C)(CN)NC(=O)CCOc1ccccc1.Cl. The predicted molar refractivity (Wildman–Crippen MR) is 75.1 cm³/mol. The van der Waals surface area contributed by atoms with Crippen LogP contribution in [0.4, 0.5) is 0 Å². The molecule has 5 heteroatoms. The highest BCUT2D eigenvalue weighted by atomic mass is 35.5. The number of hydrogen-bond acceptors (Lipinski definition) is 3. The van der Waals surface area contributed by atoms with E-state index in [9.17, 15) is 4.79 Å². The first kappa shape index (κ1) is 16.7. The highest BCUT2D eigenvalue weighted by Crippen LogP contribution is 2.08. The fraction of sp³-hybridized carbons (Fsp3) is 0.462. The van der Waals surface area contributed by atoms with Gasteiger partial charge in [0, 0.05) is 12.1 Å². The van der Waals surface area contributed by atoms with Gasteiger partial charge in [-0.1, -0.05) is 18.2 Å². The van der Waals surface area contributed by atoms with Gasteiger partial charge in [0.1, 0.15) is 5.75 Å². The van der Waals surface area contributed by atoms with Crippen molar-refractivity contribution < 1.29 is 9.53 Å². The molecule has 0 aliphatic rings. The monoisotopic (exact) mass is 272 g/mol. The summed E-state index contributed by atoms with van der Waals surface area (Å²) in [5.41, 5.74) is 5.17. The van der Waals surface area contributed by atoms with E-state index >= 15 is 0 Å². The van der Waals surface area contributed by atoms with Crippen molar-refractivity contribution in [1.82, 2.24) is 5.32 Å². The quantitative estimate of drug-likeness (QED) is 0.829. The Morgan fingerprint density at radius 2 is 1.94 bits per heavy atom. The van der Waals surface area contributed by atoms with Crippen molar-refractivity contribution in [3.05, 3.63) is 30.3 Å². The molecule has 1 rings (SSSR count). The minimum Gasteiger partial charge on any atom is -0.493 e. The topological polar surface area (TPSA) is 64.3 Å². The van der Waals surface area contributed by atoms with Crippen LogP contribution in [-0.4, -0.2) is 24.6 Å². The van der Waals surface area contributed by atoms with E-state index in [1.807, 2.05) is 44.2 Å². The predicted octanol–water partition coefficient (Wildman–Crippen LogP) is 1.73. The lowest BCUT2D eigenvalue weighted by atomic mass is 10.1. The maximum atomic E-state index is 11.6. The van der Waals surface area contributed by atoms with Crippen molar-refractivity contribution in [3.63, 3.8) is 0 Å². The summed E-state index contributed by atoms with van der Waals surface area (Å²) in [6, 6.07) is 9.44. The molecule has 0 heterocycles. The lowest BCUT2D eigenvalue weighted by Crippen LogP contribution is -2.49. The highest BCUT2D eigenvalue weighted by Gasteiger charge is 2.17. The van der Waals surface area contributed by atoms with Gasteiger partial charge >= 0.3 is 0 Å². The third-order valence-electron chi connectivity index (χ3n) is 2.33. The molecule has 0 aliphatic carbocycles. The number of nitrogens with one attached hydrogen (secondary N) is 1. The van der Waals surface area contributed by atoms with Crippen molar-refractivity contribution >= 4 is 18.3 Å².